The van der Waals surface area contributed by atoms with Crippen molar-refractivity contribution in [3.8, 4) is 22.9 Å². The zero-order valence-corrected chi connectivity index (χ0v) is 18.2. The third-order valence-corrected chi connectivity index (χ3v) is 5.08. The van der Waals surface area contributed by atoms with Gasteiger partial charge < -0.3 is 14.8 Å². The number of hydrogen-bond donors (Lipinski definition) is 1. The molecule has 0 aliphatic heterocycles. The molecule has 0 aliphatic rings. The summed E-state index contributed by atoms with van der Waals surface area (Å²) in [5.41, 5.74) is 0.0720. The van der Waals surface area contributed by atoms with Crippen molar-refractivity contribution < 1.29 is 14.3 Å². The molecule has 0 aliphatic carbocycles. The average Bonchev–Trinajstić information content (AvgIpc) is 2.85. The Morgan fingerprint density at radius 3 is 2.45 bits per heavy atom. The second-order valence-electron chi connectivity index (χ2n) is 7.15. The lowest BCUT2D eigenvalue weighted by atomic mass is 10.2. The number of aromatic nitrogens is 4. The molecule has 0 unspecified atom stereocenters. The first-order valence-electron chi connectivity index (χ1n) is 9.96. The summed E-state index contributed by atoms with van der Waals surface area (Å²) in [6, 6.07) is 14.1. The van der Waals surface area contributed by atoms with Crippen LogP contribution < -0.4 is 26.0 Å². The number of rotatable bonds is 6. The van der Waals surface area contributed by atoms with Gasteiger partial charge in [-0.2, -0.15) is 0 Å². The molecule has 2 aromatic heterocycles. The van der Waals surface area contributed by atoms with Crippen LogP contribution in [0.4, 0.5) is 5.69 Å². The van der Waals surface area contributed by atoms with Crippen molar-refractivity contribution in [3.63, 3.8) is 0 Å². The standard InChI is InChI=1S/C23H21N5O5/c1-27-21-16(12-24-20(26-21)14-7-5-4-6-8-14)22(30)28(23(27)31)13-19(29)25-15-9-10-17(32-2)18(11-15)33-3/h4-12H,13H2,1-3H3,(H,25,29). The number of methoxy groups -OCH3 is 2. The monoisotopic (exact) mass is 447 g/mol. The Hall–Kier alpha value is -4.47. The Morgan fingerprint density at radius 1 is 1.03 bits per heavy atom. The predicted molar refractivity (Wildman–Crippen MR) is 123 cm³/mol. The minimum atomic E-state index is -0.660. The van der Waals surface area contributed by atoms with Crippen LogP contribution in [0.5, 0.6) is 11.5 Å². The van der Waals surface area contributed by atoms with Gasteiger partial charge in [0, 0.05) is 30.6 Å². The Balaban J connectivity index is 1.66. The first-order chi connectivity index (χ1) is 15.9. The van der Waals surface area contributed by atoms with Crippen LogP contribution in [0.1, 0.15) is 0 Å². The van der Waals surface area contributed by atoms with Gasteiger partial charge in [-0.25, -0.2) is 14.8 Å². The van der Waals surface area contributed by atoms with E-state index in [4.69, 9.17) is 9.47 Å². The number of amides is 1. The Kier molecular flexibility index (Phi) is 5.90. The molecular formula is C23H21N5O5. The van der Waals surface area contributed by atoms with Gasteiger partial charge in [-0.05, 0) is 12.1 Å². The van der Waals surface area contributed by atoms with Crippen LogP contribution in [0.3, 0.4) is 0 Å². The predicted octanol–water partition coefficient (Wildman–Crippen LogP) is 1.81. The summed E-state index contributed by atoms with van der Waals surface area (Å²) >= 11 is 0. The molecule has 2 heterocycles. The number of ether oxygens (including phenoxy) is 2. The summed E-state index contributed by atoms with van der Waals surface area (Å²) in [4.78, 5) is 47.1. The second-order valence-corrected chi connectivity index (χ2v) is 7.15. The molecule has 0 fully saturated rings. The molecule has 0 bridgehead atoms. The maximum atomic E-state index is 13.0. The summed E-state index contributed by atoms with van der Waals surface area (Å²) in [5, 5.41) is 2.79. The van der Waals surface area contributed by atoms with E-state index in [-0.39, 0.29) is 11.0 Å². The van der Waals surface area contributed by atoms with Crippen LogP contribution in [0.25, 0.3) is 22.4 Å². The van der Waals surface area contributed by atoms with Gasteiger partial charge in [0.2, 0.25) is 5.91 Å². The summed E-state index contributed by atoms with van der Waals surface area (Å²) in [7, 11) is 4.48. The maximum Gasteiger partial charge on any atom is 0.332 e. The number of carbonyl (C=O) groups excluding carboxylic acids is 1. The van der Waals surface area contributed by atoms with Crippen LogP contribution in [0.15, 0.2) is 64.3 Å². The normalized spacial score (nSPS) is 10.8. The molecule has 168 valence electrons. The van der Waals surface area contributed by atoms with Gasteiger partial charge in [0.15, 0.2) is 23.0 Å². The van der Waals surface area contributed by atoms with E-state index in [1.54, 1.807) is 18.2 Å². The van der Waals surface area contributed by atoms with Gasteiger partial charge in [-0.15, -0.1) is 0 Å². The molecule has 1 amide bonds. The van der Waals surface area contributed by atoms with Gasteiger partial charge in [-0.3, -0.25) is 18.7 Å². The molecule has 4 rings (SSSR count). The first kappa shape index (κ1) is 21.8. The number of benzene rings is 2. The average molecular weight is 447 g/mol. The molecule has 2 aromatic carbocycles. The lowest BCUT2D eigenvalue weighted by molar-refractivity contribution is -0.116. The van der Waals surface area contributed by atoms with Gasteiger partial charge in [0.25, 0.3) is 5.56 Å². The Bertz CT molecular complexity index is 1460. The van der Waals surface area contributed by atoms with E-state index in [1.807, 2.05) is 30.3 Å². The van der Waals surface area contributed by atoms with Crippen molar-refractivity contribution in [1.29, 1.82) is 0 Å². The first-order valence-corrected chi connectivity index (χ1v) is 9.96. The third kappa shape index (κ3) is 4.18. The third-order valence-electron chi connectivity index (χ3n) is 5.08. The van der Waals surface area contributed by atoms with E-state index in [9.17, 15) is 14.4 Å². The van der Waals surface area contributed by atoms with Crippen molar-refractivity contribution in [2.75, 3.05) is 19.5 Å². The molecule has 0 saturated carbocycles. The van der Waals surface area contributed by atoms with Crippen molar-refractivity contribution in [2.45, 2.75) is 6.54 Å². The molecular weight excluding hydrogens is 426 g/mol. The van der Waals surface area contributed by atoms with E-state index in [0.717, 1.165) is 10.1 Å². The van der Waals surface area contributed by atoms with Crippen molar-refractivity contribution >= 4 is 22.6 Å². The van der Waals surface area contributed by atoms with E-state index >= 15 is 0 Å². The lowest BCUT2D eigenvalue weighted by Crippen LogP contribution is -2.42. The number of aryl methyl sites for hydroxylation is 1. The van der Waals surface area contributed by atoms with Crippen LogP contribution in [0.2, 0.25) is 0 Å². The number of nitrogens with one attached hydrogen (secondary N) is 1. The number of nitrogens with zero attached hydrogens (tertiary/aromatic N) is 4. The minimum absolute atomic E-state index is 0.135. The van der Waals surface area contributed by atoms with Gasteiger partial charge in [0.1, 0.15) is 11.9 Å². The van der Waals surface area contributed by atoms with Crippen molar-refractivity contribution in [3.05, 3.63) is 75.6 Å². The number of fused-ring (bicyclic) bond motifs is 1. The summed E-state index contributed by atoms with van der Waals surface area (Å²) < 4.78 is 12.5. The molecule has 10 nitrogen and oxygen atoms in total. The van der Waals surface area contributed by atoms with Crippen LogP contribution in [-0.4, -0.2) is 39.2 Å². The highest BCUT2D eigenvalue weighted by atomic mass is 16.5. The number of carbonyl (C=O) groups is 1. The van der Waals surface area contributed by atoms with E-state index in [1.165, 1.54) is 32.0 Å². The second kappa shape index (κ2) is 8.95. The van der Waals surface area contributed by atoms with E-state index in [0.29, 0.717) is 23.0 Å². The summed E-state index contributed by atoms with van der Waals surface area (Å²) in [6.45, 7) is -0.476. The summed E-state index contributed by atoms with van der Waals surface area (Å²) in [5.74, 6) is 0.773. The van der Waals surface area contributed by atoms with Crippen molar-refractivity contribution in [1.82, 2.24) is 19.1 Å². The fraction of sp³-hybridized carbons (Fsp3) is 0.174. The Morgan fingerprint density at radius 2 is 1.76 bits per heavy atom. The molecule has 0 radical (unpaired) electrons. The minimum Gasteiger partial charge on any atom is -0.493 e. The molecule has 1 N–H and O–H groups in total. The molecule has 0 spiro atoms. The highest BCUT2D eigenvalue weighted by molar-refractivity contribution is 5.91. The molecule has 10 heteroatoms. The largest absolute Gasteiger partial charge is 0.493 e. The highest BCUT2D eigenvalue weighted by Crippen LogP contribution is 2.29. The van der Waals surface area contributed by atoms with Crippen LogP contribution in [-0.2, 0) is 18.4 Å². The quantitative estimate of drug-likeness (QED) is 0.479. The number of hydrogen-bond acceptors (Lipinski definition) is 7. The lowest BCUT2D eigenvalue weighted by Gasteiger charge is -2.12. The highest BCUT2D eigenvalue weighted by Gasteiger charge is 2.17. The number of anilines is 1. The van der Waals surface area contributed by atoms with Gasteiger partial charge in [-0.1, -0.05) is 30.3 Å². The summed E-state index contributed by atoms with van der Waals surface area (Å²) in [6.07, 6.45) is 1.37. The van der Waals surface area contributed by atoms with Gasteiger partial charge >= 0.3 is 5.69 Å². The SMILES string of the molecule is COc1ccc(NC(=O)Cn2c(=O)c3cnc(-c4ccccc4)nc3n(C)c2=O)cc1OC. The molecule has 33 heavy (non-hydrogen) atoms. The van der Waals surface area contributed by atoms with E-state index in [2.05, 4.69) is 15.3 Å². The smallest absolute Gasteiger partial charge is 0.332 e. The fourth-order valence-corrected chi connectivity index (χ4v) is 3.41. The maximum absolute atomic E-state index is 13.0. The Labute approximate surface area is 188 Å². The molecule has 0 atom stereocenters. The van der Waals surface area contributed by atoms with E-state index < -0.39 is 23.7 Å². The molecule has 4 aromatic rings. The fourth-order valence-electron chi connectivity index (χ4n) is 3.41. The van der Waals surface area contributed by atoms with Crippen LogP contribution in [0, 0.1) is 0 Å². The molecule has 0 saturated heterocycles. The van der Waals surface area contributed by atoms with Gasteiger partial charge in [0.05, 0.1) is 14.2 Å². The van der Waals surface area contributed by atoms with Crippen molar-refractivity contribution in [2.24, 2.45) is 7.05 Å². The topological polar surface area (TPSA) is 117 Å². The zero-order valence-electron chi connectivity index (χ0n) is 18.2. The van der Waals surface area contributed by atoms with Crippen LogP contribution >= 0.6 is 0 Å². The zero-order chi connectivity index (χ0) is 23.5.